The van der Waals surface area contributed by atoms with Crippen molar-refractivity contribution in [1.82, 2.24) is 9.78 Å². The minimum Gasteiger partial charge on any atom is -0.370 e. The van der Waals surface area contributed by atoms with Gasteiger partial charge in [0.05, 0.1) is 29.1 Å². The van der Waals surface area contributed by atoms with Gasteiger partial charge in [0.1, 0.15) is 0 Å². The molecule has 2 N–H and O–H groups in total. The van der Waals surface area contributed by atoms with Crippen LogP contribution in [-0.2, 0) is 24.3 Å². The van der Waals surface area contributed by atoms with Crippen LogP contribution in [0.3, 0.4) is 0 Å². The fourth-order valence-electron chi connectivity index (χ4n) is 2.50. The van der Waals surface area contributed by atoms with Gasteiger partial charge in [-0.3, -0.25) is 4.68 Å². The van der Waals surface area contributed by atoms with Crippen molar-refractivity contribution in [2.75, 3.05) is 0 Å². The van der Waals surface area contributed by atoms with Crippen LogP contribution in [0.4, 0.5) is 0 Å². The summed E-state index contributed by atoms with van der Waals surface area (Å²) in [4.78, 5) is 0. The van der Waals surface area contributed by atoms with E-state index in [1.54, 1.807) is 0 Å². The first-order valence-electron chi connectivity index (χ1n) is 6.78. The van der Waals surface area contributed by atoms with Crippen molar-refractivity contribution in [3.63, 3.8) is 0 Å². The Hall–Kier alpha value is -0.580. The van der Waals surface area contributed by atoms with Gasteiger partial charge >= 0.3 is 0 Å². The van der Waals surface area contributed by atoms with E-state index < -0.39 is 0 Å². The molecule has 1 aliphatic rings. The van der Waals surface area contributed by atoms with Crippen LogP contribution >= 0.6 is 11.6 Å². The Balaban J connectivity index is 2.06. The van der Waals surface area contributed by atoms with Gasteiger partial charge in [-0.05, 0) is 32.6 Å². The average Bonchev–Trinajstić information content (AvgIpc) is 2.91. The second-order valence-electron chi connectivity index (χ2n) is 4.82. The molecular weight excluding hydrogens is 250 g/mol. The Labute approximate surface area is 113 Å². The molecule has 1 aliphatic carbocycles. The first-order chi connectivity index (χ1) is 8.67. The van der Waals surface area contributed by atoms with Crippen LogP contribution in [0.2, 0.25) is 5.02 Å². The Morgan fingerprint density at radius 1 is 1.44 bits per heavy atom. The zero-order chi connectivity index (χ0) is 13.1. The maximum atomic E-state index is 6.34. The number of aryl methyl sites for hydroxylation is 2. The highest BCUT2D eigenvalue weighted by Gasteiger charge is 2.25. The molecule has 4 nitrogen and oxygen atoms in total. The average molecular weight is 272 g/mol. The van der Waals surface area contributed by atoms with Crippen molar-refractivity contribution in [2.45, 2.75) is 64.8 Å². The zero-order valence-corrected chi connectivity index (χ0v) is 11.9. The first kappa shape index (κ1) is 13.8. The summed E-state index contributed by atoms with van der Waals surface area (Å²) in [5.41, 5.74) is 7.94. The lowest BCUT2D eigenvalue weighted by Crippen LogP contribution is -2.31. The first-order valence-corrected chi connectivity index (χ1v) is 7.16. The van der Waals surface area contributed by atoms with Gasteiger partial charge in [-0.15, -0.1) is 0 Å². The smallest absolute Gasteiger partial charge is 0.0904 e. The van der Waals surface area contributed by atoms with Gasteiger partial charge in [-0.25, -0.2) is 0 Å². The number of aromatic nitrogens is 2. The molecule has 1 saturated carbocycles. The topological polar surface area (TPSA) is 53.1 Å². The van der Waals surface area contributed by atoms with Gasteiger partial charge in [-0.1, -0.05) is 18.5 Å². The van der Waals surface area contributed by atoms with Gasteiger partial charge in [0.15, 0.2) is 0 Å². The molecule has 1 aromatic rings. The van der Waals surface area contributed by atoms with Crippen LogP contribution in [0.1, 0.15) is 44.5 Å². The lowest BCUT2D eigenvalue weighted by Gasteiger charge is -2.16. The Bertz CT molecular complexity index is 405. The molecule has 1 fully saturated rings. The molecule has 0 spiro atoms. The minimum absolute atomic E-state index is 0.173. The summed E-state index contributed by atoms with van der Waals surface area (Å²) in [6, 6.07) is 0.174. The molecule has 1 heterocycles. The summed E-state index contributed by atoms with van der Waals surface area (Å²) in [6.07, 6.45) is 4.30. The normalized spacial score (nSPS) is 23.8. The predicted molar refractivity (Wildman–Crippen MR) is 72.7 cm³/mol. The number of nitrogens with two attached hydrogens (primary N) is 1. The van der Waals surface area contributed by atoms with Crippen molar-refractivity contribution in [2.24, 2.45) is 5.73 Å². The van der Waals surface area contributed by atoms with Gasteiger partial charge in [0, 0.05) is 12.6 Å². The van der Waals surface area contributed by atoms with Gasteiger partial charge in [0.25, 0.3) is 0 Å². The minimum atomic E-state index is 0.173. The maximum Gasteiger partial charge on any atom is 0.0904 e. The molecule has 2 unspecified atom stereocenters. The third kappa shape index (κ3) is 2.71. The van der Waals surface area contributed by atoms with E-state index in [0.29, 0.717) is 6.61 Å². The number of hydrogen-bond acceptors (Lipinski definition) is 3. The van der Waals surface area contributed by atoms with E-state index in [-0.39, 0.29) is 12.1 Å². The summed E-state index contributed by atoms with van der Waals surface area (Å²) >= 11 is 6.34. The number of ether oxygens (including phenoxy) is 1. The van der Waals surface area contributed by atoms with Crippen molar-refractivity contribution in [1.29, 1.82) is 0 Å². The van der Waals surface area contributed by atoms with Crippen LogP contribution in [0.25, 0.3) is 0 Å². The van der Waals surface area contributed by atoms with Crippen molar-refractivity contribution in [3.8, 4) is 0 Å². The van der Waals surface area contributed by atoms with E-state index in [1.165, 1.54) is 0 Å². The number of rotatable bonds is 5. The van der Waals surface area contributed by atoms with E-state index in [9.17, 15) is 0 Å². The molecule has 0 aliphatic heterocycles. The number of nitrogens with zero attached hydrogens (tertiary/aromatic N) is 2. The van der Waals surface area contributed by atoms with E-state index in [2.05, 4.69) is 18.9 Å². The van der Waals surface area contributed by atoms with Crippen LogP contribution in [0, 0.1) is 0 Å². The molecule has 0 saturated heterocycles. The summed E-state index contributed by atoms with van der Waals surface area (Å²) in [5.74, 6) is 0. The lowest BCUT2D eigenvalue weighted by molar-refractivity contribution is 0.0320. The molecule has 2 atom stereocenters. The molecule has 0 bridgehead atoms. The largest absolute Gasteiger partial charge is 0.370 e. The van der Waals surface area contributed by atoms with Crippen LogP contribution < -0.4 is 5.73 Å². The fourth-order valence-corrected chi connectivity index (χ4v) is 2.83. The van der Waals surface area contributed by atoms with Gasteiger partial charge in [-0.2, -0.15) is 5.10 Å². The third-order valence-corrected chi connectivity index (χ3v) is 4.07. The third-order valence-electron chi connectivity index (χ3n) is 3.63. The second-order valence-corrected chi connectivity index (χ2v) is 5.20. The predicted octanol–water partition coefficient (Wildman–Crippen LogP) is 2.52. The van der Waals surface area contributed by atoms with Gasteiger partial charge in [0.2, 0.25) is 0 Å². The highest BCUT2D eigenvalue weighted by Crippen LogP contribution is 2.25. The van der Waals surface area contributed by atoms with E-state index in [0.717, 1.165) is 48.6 Å². The van der Waals surface area contributed by atoms with Crippen LogP contribution in [-0.4, -0.2) is 21.9 Å². The van der Waals surface area contributed by atoms with Gasteiger partial charge < -0.3 is 10.5 Å². The highest BCUT2D eigenvalue weighted by molar-refractivity contribution is 6.31. The number of halogens is 1. The molecule has 0 amide bonds. The summed E-state index contributed by atoms with van der Waals surface area (Å²) in [7, 11) is 0. The molecule has 2 rings (SSSR count). The van der Waals surface area contributed by atoms with Crippen molar-refractivity contribution in [3.05, 3.63) is 16.4 Å². The van der Waals surface area contributed by atoms with E-state index in [4.69, 9.17) is 22.1 Å². The van der Waals surface area contributed by atoms with Crippen LogP contribution in [0.15, 0.2) is 0 Å². The van der Waals surface area contributed by atoms with Crippen molar-refractivity contribution >= 4 is 11.6 Å². The quantitative estimate of drug-likeness (QED) is 0.895. The molecule has 18 heavy (non-hydrogen) atoms. The van der Waals surface area contributed by atoms with E-state index >= 15 is 0 Å². The Kier molecular flexibility index (Phi) is 4.65. The summed E-state index contributed by atoms with van der Waals surface area (Å²) < 4.78 is 7.84. The Morgan fingerprint density at radius 2 is 2.22 bits per heavy atom. The molecule has 1 aromatic heterocycles. The molecule has 102 valence electrons. The van der Waals surface area contributed by atoms with E-state index in [1.807, 2.05) is 4.68 Å². The lowest BCUT2D eigenvalue weighted by atomic mass is 10.2. The Morgan fingerprint density at radius 3 is 2.78 bits per heavy atom. The maximum absolute atomic E-state index is 6.34. The van der Waals surface area contributed by atoms with Crippen LogP contribution in [0.5, 0.6) is 0 Å². The summed E-state index contributed by atoms with van der Waals surface area (Å²) in [5, 5.41) is 5.24. The molecular formula is C13H22ClN3O. The highest BCUT2D eigenvalue weighted by atomic mass is 35.5. The molecule has 0 aromatic carbocycles. The zero-order valence-electron chi connectivity index (χ0n) is 11.2. The summed E-state index contributed by atoms with van der Waals surface area (Å²) in [6.45, 7) is 5.45. The second kappa shape index (κ2) is 6.04. The van der Waals surface area contributed by atoms with Crippen molar-refractivity contribution < 1.29 is 4.74 Å². The number of hydrogen-bond donors (Lipinski definition) is 1. The molecule has 5 heteroatoms. The molecule has 0 radical (unpaired) electrons. The standard InChI is InChI=1S/C13H22ClN3O/c1-3-10-13(14)11(17(4-2)16-10)8-18-12-7-5-6-9(12)15/h9,12H,3-8,15H2,1-2H3. The monoisotopic (exact) mass is 271 g/mol. The fraction of sp³-hybridized carbons (Fsp3) is 0.769. The SMILES string of the molecule is CCc1nn(CC)c(COC2CCCC2N)c1Cl.